The van der Waals surface area contributed by atoms with Gasteiger partial charge in [-0.3, -0.25) is 14.9 Å². The van der Waals surface area contributed by atoms with Gasteiger partial charge in [0.05, 0.1) is 18.2 Å². The van der Waals surface area contributed by atoms with E-state index in [4.69, 9.17) is 9.47 Å². The number of nitrogens with one attached hydrogen (secondary N) is 1. The van der Waals surface area contributed by atoms with Crippen LogP contribution in [-0.2, 0) is 11.4 Å². The molecule has 0 spiro atoms. The third-order valence-electron chi connectivity index (χ3n) is 6.73. The first kappa shape index (κ1) is 21.8. The van der Waals surface area contributed by atoms with Crippen molar-refractivity contribution in [1.29, 1.82) is 0 Å². The maximum atomic E-state index is 12.5. The maximum Gasteiger partial charge on any atom is 0.269 e. The van der Waals surface area contributed by atoms with E-state index >= 15 is 0 Å². The van der Waals surface area contributed by atoms with Crippen molar-refractivity contribution < 1.29 is 19.2 Å². The van der Waals surface area contributed by atoms with Gasteiger partial charge in [-0.2, -0.15) is 5.10 Å². The van der Waals surface area contributed by atoms with Crippen molar-refractivity contribution in [2.45, 2.75) is 39.2 Å². The van der Waals surface area contributed by atoms with Gasteiger partial charge in [0.25, 0.3) is 5.69 Å². The van der Waals surface area contributed by atoms with Gasteiger partial charge in [0.15, 0.2) is 11.5 Å². The Morgan fingerprint density at radius 1 is 1.25 bits per heavy atom. The maximum absolute atomic E-state index is 12.5. The second kappa shape index (κ2) is 8.98. The predicted octanol–water partition coefficient (Wildman–Crippen LogP) is 4.46. The molecular weight excluding hydrogens is 410 g/mol. The van der Waals surface area contributed by atoms with Crippen LogP contribution >= 0.6 is 0 Å². The Labute approximate surface area is 186 Å². The number of hydrazone groups is 1. The molecule has 2 aliphatic rings. The molecular formula is C24H27N3O5. The van der Waals surface area contributed by atoms with E-state index in [2.05, 4.69) is 17.5 Å². The SMILES string of the molecule is COc1cc(/C=N\NC(=O)[C@H]2[C@@H]3CCCC[C@@]32C)ccc1OCc1ccc([N+](=O)[O-])cc1. The van der Waals surface area contributed by atoms with Gasteiger partial charge in [-0.15, -0.1) is 0 Å². The predicted molar refractivity (Wildman–Crippen MR) is 120 cm³/mol. The molecule has 1 amide bonds. The second-order valence-electron chi connectivity index (χ2n) is 8.69. The summed E-state index contributed by atoms with van der Waals surface area (Å²) in [6.07, 6.45) is 6.27. The van der Waals surface area contributed by atoms with E-state index in [-0.39, 0.29) is 29.5 Å². The van der Waals surface area contributed by atoms with Crippen LogP contribution < -0.4 is 14.9 Å². The molecule has 2 fully saturated rings. The highest BCUT2D eigenvalue weighted by molar-refractivity contribution is 5.86. The lowest BCUT2D eigenvalue weighted by atomic mass is 9.90. The number of amides is 1. The van der Waals surface area contributed by atoms with E-state index in [1.165, 1.54) is 25.0 Å². The number of methoxy groups -OCH3 is 1. The number of ether oxygens (including phenoxy) is 2. The first-order valence-electron chi connectivity index (χ1n) is 10.8. The van der Waals surface area contributed by atoms with Crippen molar-refractivity contribution in [3.8, 4) is 11.5 Å². The average Bonchev–Trinajstić information content (AvgIpc) is 3.43. The van der Waals surface area contributed by atoms with Gasteiger partial charge >= 0.3 is 0 Å². The molecule has 4 rings (SSSR count). The van der Waals surface area contributed by atoms with Crippen LogP contribution in [0.3, 0.4) is 0 Å². The summed E-state index contributed by atoms with van der Waals surface area (Å²) < 4.78 is 11.2. The van der Waals surface area contributed by atoms with E-state index in [1.807, 2.05) is 6.07 Å². The van der Waals surface area contributed by atoms with Crippen LogP contribution in [0.5, 0.6) is 11.5 Å². The highest BCUT2D eigenvalue weighted by Crippen LogP contribution is 2.66. The summed E-state index contributed by atoms with van der Waals surface area (Å²) in [6.45, 7) is 2.46. The minimum absolute atomic E-state index is 0.00525. The minimum atomic E-state index is -0.436. The topological polar surface area (TPSA) is 103 Å². The van der Waals surface area contributed by atoms with Gasteiger partial charge in [-0.05, 0) is 65.6 Å². The highest BCUT2D eigenvalue weighted by atomic mass is 16.6. The number of nitro benzene ring substituents is 1. The van der Waals surface area contributed by atoms with Crippen LogP contribution in [0.1, 0.15) is 43.7 Å². The number of benzene rings is 2. The molecule has 32 heavy (non-hydrogen) atoms. The van der Waals surface area contributed by atoms with Gasteiger partial charge in [-0.25, -0.2) is 5.43 Å². The molecule has 0 aliphatic heterocycles. The molecule has 0 unspecified atom stereocenters. The largest absolute Gasteiger partial charge is 0.493 e. The fraction of sp³-hybridized carbons (Fsp3) is 0.417. The van der Waals surface area contributed by atoms with Gasteiger partial charge in [-0.1, -0.05) is 19.8 Å². The quantitative estimate of drug-likeness (QED) is 0.373. The van der Waals surface area contributed by atoms with E-state index in [0.717, 1.165) is 24.0 Å². The number of hydrogen-bond acceptors (Lipinski definition) is 6. The number of carbonyl (C=O) groups excluding carboxylic acids is 1. The Hall–Kier alpha value is -3.42. The van der Waals surface area contributed by atoms with Crippen LogP contribution in [-0.4, -0.2) is 24.2 Å². The van der Waals surface area contributed by atoms with Crippen LogP contribution in [0.25, 0.3) is 0 Å². The van der Waals surface area contributed by atoms with Crippen molar-refractivity contribution in [1.82, 2.24) is 5.43 Å². The summed E-state index contributed by atoms with van der Waals surface area (Å²) >= 11 is 0. The first-order valence-corrected chi connectivity index (χ1v) is 10.8. The van der Waals surface area contributed by atoms with Crippen molar-refractivity contribution in [3.63, 3.8) is 0 Å². The average molecular weight is 437 g/mol. The number of carbonyl (C=O) groups is 1. The molecule has 0 heterocycles. The van der Waals surface area contributed by atoms with Crippen LogP contribution in [0.2, 0.25) is 0 Å². The molecule has 168 valence electrons. The van der Waals surface area contributed by atoms with Gasteiger partial charge < -0.3 is 9.47 Å². The Morgan fingerprint density at radius 2 is 2.03 bits per heavy atom. The zero-order chi connectivity index (χ0) is 22.7. The van der Waals surface area contributed by atoms with Gasteiger partial charge in [0.1, 0.15) is 6.61 Å². The lowest BCUT2D eigenvalue weighted by molar-refractivity contribution is -0.384. The molecule has 0 saturated heterocycles. The molecule has 8 heteroatoms. The molecule has 2 saturated carbocycles. The number of nitrogens with zero attached hydrogens (tertiary/aromatic N) is 2. The molecule has 8 nitrogen and oxygen atoms in total. The lowest BCUT2D eigenvalue weighted by Gasteiger charge is -2.15. The molecule has 2 aliphatic carbocycles. The normalized spacial score (nSPS) is 23.9. The molecule has 0 bridgehead atoms. The number of fused-ring (bicyclic) bond motifs is 1. The zero-order valence-corrected chi connectivity index (χ0v) is 18.2. The molecule has 0 aromatic heterocycles. The Morgan fingerprint density at radius 3 is 2.69 bits per heavy atom. The minimum Gasteiger partial charge on any atom is -0.493 e. The summed E-state index contributed by atoms with van der Waals surface area (Å²) in [5.41, 5.74) is 4.47. The molecule has 2 aromatic rings. The number of nitro groups is 1. The third kappa shape index (κ3) is 4.44. The molecule has 3 atom stereocenters. The van der Waals surface area contributed by atoms with Crippen LogP contribution in [0.15, 0.2) is 47.6 Å². The van der Waals surface area contributed by atoms with Crippen molar-refractivity contribution in [2.75, 3.05) is 7.11 Å². The summed E-state index contributed by atoms with van der Waals surface area (Å²) in [7, 11) is 1.55. The third-order valence-corrected chi connectivity index (χ3v) is 6.73. The Bertz CT molecular complexity index is 1040. The van der Waals surface area contributed by atoms with Crippen molar-refractivity contribution >= 4 is 17.8 Å². The summed E-state index contributed by atoms with van der Waals surface area (Å²) in [5.74, 6) is 1.65. The lowest BCUT2D eigenvalue weighted by Crippen LogP contribution is -2.22. The fourth-order valence-corrected chi connectivity index (χ4v) is 4.85. The fourth-order valence-electron chi connectivity index (χ4n) is 4.85. The van der Waals surface area contributed by atoms with Crippen LogP contribution in [0.4, 0.5) is 5.69 Å². The Kier molecular flexibility index (Phi) is 6.12. The van der Waals surface area contributed by atoms with E-state index in [9.17, 15) is 14.9 Å². The van der Waals surface area contributed by atoms with E-state index < -0.39 is 4.92 Å². The van der Waals surface area contributed by atoms with Crippen LogP contribution in [0, 0.1) is 27.4 Å². The standard InChI is InChI=1S/C24H27N3O5/c1-24-12-4-3-5-19(24)22(24)23(28)26-25-14-17-8-11-20(21(13-17)31-2)32-15-16-6-9-18(10-7-16)27(29)30/h6-11,13-14,19,22H,3-5,12,15H2,1-2H3,(H,26,28)/b25-14-/t19-,22+,24-/m0/s1. The number of hydrogen-bond donors (Lipinski definition) is 1. The summed E-state index contributed by atoms with van der Waals surface area (Å²) in [5, 5.41) is 14.9. The van der Waals surface area contributed by atoms with Crippen molar-refractivity contribution in [3.05, 3.63) is 63.7 Å². The first-order chi connectivity index (χ1) is 15.4. The molecule has 0 radical (unpaired) electrons. The summed E-state index contributed by atoms with van der Waals surface area (Å²) in [4.78, 5) is 22.8. The zero-order valence-electron chi connectivity index (χ0n) is 18.2. The van der Waals surface area contributed by atoms with E-state index in [0.29, 0.717) is 17.4 Å². The highest BCUT2D eigenvalue weighted by Gasteiger charge is 2.64. The molecule has 1 N–H and O–H groups in total. The van der Waals surface area contributed by atoms with Gasteiger partial charge in [0, 0.05) is 18.1 Å². The Balaban J connectivity index is 1.33. The van der Waals surface area contributed by atoms with Gasteiger partial charge in [0.2, 0.25) is 5.91 Å². The number of rotatable bonds is 8. The summed E-state index contributed by atoms with van der Waals surface area (Å²) in [6, 6.07) is 11.6. The second-order valence-corrected chi connectivity index (χ2v) is 8.69. The van der Waals surface area contributed by atoms with E-state index in [1.54, 1.807) is 37.6 Å². The smallest absolute Gasteiger partial charge is 0.269 e. The monoisotopic (exact) mass is 437 g/mol. The number of non-ortho nitro benzene ring substituents is 1. The van der Waals surface area contributed by atoms with Crippen molar-refractivity contribution in [2.24, 2.45) is 22.4 Å². The molecule has 2 aromatic carbocycles.